The van der Waals surface area contributed by atoms with Crippen LogP contribution < -0.4 is 4.74 Å². The van der Waals surface area contributed by atoms with E-state index in [9.17, 15) is 9.90 Å². The number of aliphatic hydroxyl groups is 1. The van der Waals surface area contributed by atoms with Gasteiger partial charge < -0.3 is 14.6 Å². The molecular weight excluding hydrogens is 268 g/mol. The van der Waals surface area contributed by atoms with Crippen LogP contribution in [0.5, 0.6) is 11.5 Å². The van der Waals surface area contributed by atoms with Gasteiger partial charge >= 0.3 is 5.97 Å². The summed E-state index contributed by atoms with van der Waals surface area (Å²) in [4.78, 5) is 12.6. The molecule has 0 aliphatic carbocycles. The van der Waals surface area contributed by atoms with Gasteiger partial charge in [-0.3, -0.25) is 4.79 Å². The summed E-state index contributed by atoms with van der Waals surface area (Å²) in [6.45, 7) is 1.63. The van der Waals surface area contributed by atoms with Crippen LogP contribution in [0.15, 0.2) is 48.5 Å². The first-order chi connectivity index (χ1) is 10.2. The molecule has 0 unspecified atom stereocenters. The molecule has 4 heteroatoms. The number of esters is 1. The van der Waals surface area contributed by atoms with Gasteiger partial charge in [-0.05, 0) is 19.1 Å². The number of aliphatic hydroxyl groups excluding tert-OH is 1. The molecule has 0 bridgehead atoms. The zero-order valence-corrected chi connectivity index (χ0v) is 11.7. The van der Waals surface area contributed by atoms with Crippen molar-refractivity contribution < 1.29 is 19.4 Å². The minimum Gasteiger partial charge on any atom is -0.465 e. The molecule has 4 nitrogen and oxygen atoms in total. The smallest absolute Gasteiger partial charge is 0.323 e. The molecule has 3 rings (SSSR count). The Balaban J connectivity index is 2.29. The highest BCUT2D eigenvalue weighted by Crippen LogP contribution is 2.48. The van der Waals surface area contributed by atoms with E-state index in [-0.39, 0.29) is 13.2 Å². The third-order valence-corrected chi connectivity index (χ3v) is 3.77. The topological polar surface area (TPSA) is 55.8 Å². The van der Waals surface area contributed by atoms with Crippen molar-refractivity contribution in [1.29, 1.82) is 0 Å². The molecule has 0 saturated heterocycles. The van der Waals surface area contributed by atoms with Gasteiger partial charge in [0.2, 0.25) is 0 Å². The van der Waals surface area contributed by atoms with E-state index in [1.165, 1.54) is 0 Å². The number of benzene rings is 2. The van der Waals surface area contributed by atoms with Crippen LogP contribution in [0.25, 0.3) is 0 Å². The zero-order chi connectivity index (χ0) is 14.9. The van der Waals surface area contributed by atoms with Crippen molar-refractivity contribution in [2.75, 3.05) is 13.2 Å². The van der Waals surface area contributed by atoms with Gasteiger partial charge in [-0.2, -0.15) is 0 Å². The Morgan fingerprint density at radius 2 is 1.62 bits per heavy atom. The molecule has 1 aliphatic rings. The van der Waals surface area contributed by atoms with Gasteiger partial charge in [0, 0.05) is 11.1 Å². The highest BCUT2D eigenvalue weighted by atomic mass is 16.5. The Labute approximate surface area is 122 Å². The first kappa shape index (κ1) is 13.6. The van der Waals surface area contributed by atoms with Crippen molar-refractivity contribution in [3.63, 3.8) is 0 Å². The highest BCUT2D eigenvalue weighted by Gasteiger charge is 2.49. The summed E-state index contributed by atoms with van der Waals surface area (Å²) in [5.74, 6) is 0.673. The molecule has 0 amide bonds. The molecule has 2 aromatic carbocycles. The van der Waals surface area contributed by atoms with Crippen LogP contribution in [0.4, 0.5) is 0 Å². The van der Waals surface area contributed by atoms with E-state index in [0.29, 0.717) is 22.6 Å². The molecule has 0 saturated carbocycles. The number of para-hydroxylation sites is 2. The molecule has 1 heterocycles. The molecule has 1 aliphatic heterocycles. The van der Waals surface area contributed by atoms with Crippen LogP contribution in [0.3, 0.4) is 0 Å². The second-order valence-electron chi connectivity index (χ2n) is 4.88. The molecule has 2 aromatic rings. The number of rotatable bonds is 3. The van der Waals surface area contributed by atoms with E-state index in [1.54, 1.807) is 31.2 Å². The maximum absolute atomic E-state index is 12.6. The molecule has 21 heavy (non-hydrogen) atoms. The molecule has 0 atom stereocenters. The van der Waals surface area contributed by atoms with Crippen LogP contribution >= 0.6 is 0 Å². The lowest BCUT2D eigenvalue weighted by Crippen LogP contribution is -2.44. The van der Waals surface area contributed by atoms with Gasteiger partial charge in [-0.1, -0.05) is 36.4 Å². The van der Waals surface area contributed by atoms with Crippen molar-refractivity contribution in [3.05, 3.63) is 59.7 Å². The van der Waals surface area contributed by atoms with Crippen molar-refractivity contribution in [1.82, 2.24) is 0 Å². The third kappa shape index (κ3) is 1.91. The van der Waals surface area contributed by atoms with Gasteiger partial charge in [0.25, 0.3) is 0 Å². The van der Waals surface area contributed by atoms with Gasteiger partial charge in [-0.15, -0.1) is 0 Å². The Morgan fingerprint density at radius 1 is 1.10 bits per heavy atom. The number of carbonyl (C=O) groups excluding carboxylic acids is 1. The average Bonchev–Trinajstić information content (AvgIpc) is 2.52. The maximum atomic E-state index is 12.6. The van der Waals surface area contributed by atoms with E-state index in [4.69, 9.17) is 9.47 Å². The van der Waals surface area contributed by atoms with Crippen LogP contribution in [0.2, 0.25) is 0 Å². The lowest BCUT2D eigenvalue weighted by Gasteiger charge is -2.36. The molecule has 0 fully saturated rings. The van der Waals surface area contributed by atoms with Crippen molar-refractivity contribution in [2.24, 2.45) is 0 Å². The summed E-state index contributed by atoms with van der Waals surface area (Å²) in [7, 11) is 0. The quantitative estimate of drug-likeness (QED) is 0.880. The summed E-state index contributed by atoms with van der Waals surface area (Å²) in [6.07, 6.45) is 0. The second-order valence-corrected chi connectivity index (χ2v) is 4.88. The van der Waals surface area contributed by atoms with E-state index in [1.807, 2.05) is 24.3 Å². The van der Waals surface area contributed by atoms with Gasteiger partial charge in [0.15, 0.2) is 0 Å². The normalized spacial score (nSPS) is 14.6. The molecular formula is C17H16O4. The maximum Gasteiger partial charge on any atom is 0.323 e. The number of hydrogen-bond acceptors (Lipinski definition) is 4. The average molecular weight is 284 g/mol. The Morgan fingerprint density at radius 3 is 2.10 bits per heavy atom. The standard InChI is InChI=1S/C17H16O4/c1-2-20-16(19)17(11-18)12-7-3-5-9-14(12)21-15-10-6-4-8-13(15)17/h3-10,18H,2,11H2,1H3. The Kier molecular flexibility index (Phi) is 3.39. The lowest BCUT2D eigenvalue weighted by molar-refractivity contribution is -0.150. The molecule has 0 spiro atoms. The van der Waals surface area contributed by atoms with Gasteiger partial charge in [0.1, 0.15) is 16.9 Å². The summed E-state index contributed by atoms with van der Waals surface area (Å²) in [5.41, 5.74) is 0.0239. The largest absolute Gasteiger partial charge is 0.465 e. The summed E-state index contributed by atoms with van der Waals surface area (Å²) < 4.78 is 11.1. The predicted molar refractivity (Wildman–Crippen MR) is 77.5 cm³/mol. The fraction of sp³-hybridized carbons (Fsp3) is 0.235. The Hall–Kier alpha value is -2.33. The fourth-order valence-corrected chi connectivity index (χ4v) is 2.79. The van der Waals surface area contributed by atoms with Crippen molar-refractivity contribution in [2.45, 2.75) is 12.3 Å². The SMILES string of the molecule is CCOC(=O)C1(CO)c2ccccc2Oc2ccccc21. The van der Waals surface area contributed by atoms with Crippen LogP contribution in [0, 0.1) is 0 Å². The monoisotopic (exact) mass is 284 g/mol. The second kappa shape index (κ2) is 5.22. The number of hydrogen-bond donors (Lipinski definition) is 1. The van der Waals surface area contributed by atoms with E-state index < -0.39 is 11.4 Å². The molecule has 1 N–H and O–H groups in total. The van der Waals surface area contributed by atoms with Crippen LogP contribution in [0.1, 0.15) is 18.1 Å². The first-order valence-electron chi connectivity index (χ1n) is 6.89. The predicted octanol–water partition coefficient (Wildman–Crippen LogP) is 2.63. The minimum absolute atomic E-state index is 0.256. The minimum atomic E-state index is -1.23. The highest BCUT2D eigenvalue weighted by molar-refractivity contribution is 5.91. The molecule has 108 valence electrons. The van der Waals surface area contributed by atoms with Crippen LogP contribution in [-0.4, -0.2) is 24.3 Å². The molecule has 0 aromatic heterocycles. The van der Waals surface area contributed by atoms with Crippen molar-refractivity contribution in [3.8, 4) is 11.5 Å². The van der Waals surface area contributed by atoms with E-state index >= 15 is 0 Å². The summed E-state index contributed by atoms with van der Waals surface area (Å²) >= 11 is 0. The fourth-order valence-electron chi connectivity index (χ4n) is 2.79. The number of ether oxygens (including phenoxy) is 2. The number of carbonyl (C=O) groups is 1. The van der Waals surface area contributed by atoms with E-state index in [0.717, 1.165) is 0 Å². The lowest BCUT2D eigenvalue weighted by atomic mass is 9.73. The van der Waals surface area contributed by atoms with Gasteiger partial charge in [-0.25, -0.2) is 0 Å². The van der Waals surface area contributed by atoms with Crippen LogP contribution in [-0.2, 0) is 14.9 Å². The zero-order valence-electron chi connectivity index (χ0n) is 11.7. The number of fused-ring (bicyclic) bond motifs is 2. The van der Waals surface area contributed by atoms with Crippen molar-refractivity contribution >= 4 is 5.97 Å². The van der Waals surface area contributed by atoms with E-state index in [2.05, 4.69) is 0 Å². The first-order valence-corrected chi connectivity index (χ1v) is 6.89. The Bertz CT molecular complexity index is 632. The molecule has 0 radical (unpaired) electrons. The third-order valence-electron chi connectivity index (χ3n) is 3.77. The summed E-state index contributed by atoms with van der Waals surface area (Å²) in [5, 5.41) is 10.1. The van der Waals surface area contributed by atoms with Gasteiger partial charge in [0.05, 0.1) is 13.2 Å². The summed E-state index contributed by atoms with van der Waals surface area (Å²) in [6, 6.07) is 14.5.